The largest absolute Gasteiger partial charge is 0.573 e. The summed E-state index contributed by atoms with van der Waals surface area (Å²) in [5.41, 5.74) is -0.534. The van der Waals surface area contributed by atoms with Crippen LogP contribution in [0.15, 0.2) is 48.5 Å². The third kappa shape index (κ3) is 4.08. The number of fused-ring (bicyclic) bond motifs is 1. The monoisotopic (exact) mass is 367 g/mol. The highest BCUT2D eigenvalue weighted by Crippen LogP contribution is 2.36. The number of ether oxygens (including phenoxy) is 2. The molecule has 0 bridgehead atoms. The van der Waals surface area contributed by atoms with Crippen LogP contribution in [-0.2, 0) is 5.60 Å². The van der Waals surface area contributed by atoms with Gasteiger partial charge >= 0.3 is 6.36 Å². The molecule has 0 aromatic heterocycles. The third-order valence-corrected chi connectivity index (χ3v) is 4.05. The van der Waals surface area contributed by atoms with Gasteiger partial charge in [-0.15, -0.1) is 13.2 Å². The maximum absolute atomic E-state index is 12.2. The van der Waals surface area contributed by atoms with E-state index < -0.39 is 23.6 Å². The third-order valence-electron chi connectivity index (χ3n) is 4.05. The van der Waals surface area contributed by atoms with Crippen LogP contribution in [0.25, 0.3) is 0 Å². The SMILES string of the molecule is O=C(NC[C@]1(O)CCOc2ccccc21)c1ccc(OC(F)(F)F)cc1. The maximum atomic E-state index is 12.2. The van der Waals surface area contributed by atoms with Gasteiger partial charge in [0.15, 0.2) is 0 Å². The number of rotatable bonds is 4. The molecule has 2 aromatic rings. The summed E-state index contributed by atoms with van der Waals surface area (Å²) >= 11 is 0. The van der Waals surface area contributed by atoms with Gasteiger partial charge in [-0.3, -0.25) is 4.79 Å². The normalized spacial score (nSPS) is 19.2. The lowest BCUT2D eigenvalue weighted by Crippen LogP contribution is -2.43. The van der Waals surface area contributed by atoms with E-state index >= 15 is 0 Å². The number of carbonyl (C=O) groups excluding carboxylic acids is 1. The molecule has 0 saturated heterocycles. The molecular formula is C18H16F3NO4. The van der Waals surface area contributed by atoms with Crippen LogP contribution >= 0.6 is 0 Å². The fourth-order valence-corrected chi connectivity index (χ4v) is 2.76. The van der Waals surface area contributed by atoms with Gasteiger partial charge in [0.2, 0.25) is 0 Å². The van der Waals surface area contributed by atoms with E-state index in [2.05, 4.69) is 10.1 Å². The Balaban J connectivity index is 1.66. The molecule has 3 rings (SSSR count). The van der Waals surface area contributed by atoms with Gasteiger partial charge in [-0.25, -0.2) is 0 Å². The highest BCUT2D eigenvalue weighted by atomic mass is 19.4. The summed E-state index contributed by atoms with van der Waals surface area (Å²) in [7, 11) is 0. The van der Waals surface area contributed by atoms with Crippen molar-refractivity contribution in [1.29, 1.82) is 0 Å². The zero-order valence-corrected chi connectivity index (χ0v) is 13.5. The minimum Gasteiger partial charge on any atom is -0.493 e. The lowest BCUT2D eigenvalue weighted by atomic mass is 9.88. The molecule has 2 aromatic carbocycles. The molecule has 0 saturated carbocycles. The highest BCUT2D eigenvalue weighted by Gasteiger charge is 2.36. The van der Waals surface area contributed by atoms with Crippen LogP contribution in [0.1, 0.15) is 22.3 Å². The van der Waals surface area contributed by atoms with E-state index in [0.29, 0.717) is 24.3 Å². The zero-order valence-electron chi connectivity index (χ0n) is 13.5. The van der Waals surface area contributed by atoms with Crippen LogP contribution in [0.5, 0.6) is 11.5 Å². The number of hydrogen-bond acceptors (Lipinski definition) is 4. The van der Waals surface area contributed by atoms with Crippen LogP contribution in [-0.4, -0.2) is 30.5 Å². The number of halogens is 3. The Labute approximate surface area is 147 Å². The van der Waals surface area contributed by atoms with Gasteiger partial charge in [0.05, 0.1) is 13.2 Å². The van der Waals surface area contributed by atoms with Crippen molar-refractivity contribution in [3.63, 3.8) is 0 Å². The van der Waals surface area contributed by atoms with Crippen LogP contribution < -0.4 is 14.8 Å². The van der Waals surface area contributed by atoms with Crippen LogP contribution in [0.4, 0.5) is 13.2 Å². The van der Waals surface area contributed by atoms with Gasteiger partial charge in [0.1, 0.15) is 17.1 Å². The Kier molecular flexibility index (Phi) is 4.78. The average molecular weight is 367 g/mol. The Morgan fingerprint density at radius 3 is 2.58 bits per heavy atom. The molecule has 0 unspecified atom stereocenters. The second-order valence-electron chi connectivity index (χ2n) is 5.88. The molecular weight excluding hydrogens is 351 g/mol. The van der Waals surface area contributed by atoms with E-state index in [-0.39, 0.29) is 12.1 Å². The van der Waals surface area contributed by atoms with E-state index in [0.717, 1.165) is 12.1 Å². The lowest BCUT2D eigenvalue weighted by molar-refractivity contribution is -0.274. The smallest absolute Gasteiger partial charge is 0.493 e. The maximum Gasteiger partial charge on any atom is 0.573 e. The van der Waals surface area contributed by atoms with Crippen molar-refractivity contribution < 1.29 is 32.5 Å². The molecule has 1 heterocycles. The van der Waals surface area contributed by atoms with E-state index in [4.69, 9.17) is 4.74 Å². The van der Waals surface area contributed by atoms with Gasteiger partial charge < -0.3 is 19.9 Å². The van der Waals surface area contributed by atoms with Crippen molar-refractivity contribution in [2.24, 2.45) is 0 Å². The van der Waals surface area contributed by atoms with Crippen molar-refractivity contribution in [2.75, 3.05) is 13.2 Å². The molecule has 1 aliphatic rings. The fraction of sp³-hybridized carbons (Fsp3) is 0.278. The number of alkyl halides is 3. The van der Waals surface area contributed by atoms with Crippen molar-refractivity contribution in [2.45, 2.75) is 18.4 Å². The Bertz CT molecular complexity index is 792. The van der Waals surface area contributed by atoms with Gasteiger partial charge in [-0.05, 0) is 30.3 Å². The topological polar surface area (TPSA) is 67.8 Å². The van der Waals surface area contributed by atoms with Gasteiger partial charge in [0, 0.05) is 17.5 Å². The van der Waals surface area contributed by atoms with Crippen molar-refractivity contribution in [3.8, 4) is 11.5 Å². The van der Waals surface area contributed by atoms with Gasteiger partial charge in [0.25, 0.3) is 5.91 Å². The Morgan fingerprint density at radius 2 is 1.88 bits per heavy atom. The molecule has 1 amide bonds. The molecule has 0 spiro atoms. The van der Waals surface area contributed by atoms with Crippen LogP contribution in [0.2, 0.25) is 0 Å². The van der Waals surface area contributed by atoms with Crippen LogP contribution in [0, 0.1) is 0 Å². The number of para-hydroxylation sites is 1. The molecule has 0 fully saturated rings. The van der Waals surface area contributed by atoms with Gasteiger partial charge in [-0.1, -0.05) is 18.2 Å². The number of amides is 1. The van der Waals surface area contributed by atoms with E-state index in [1.54, 1.807) is 24.3 Å². The molecule has 5 nitrogen and oxygen atoms in total. The lowest BCUT2D eigenvalue weighted by Gasteiger charge is -2.34. The molecule has 26 heavy (non-hydrogen) atoms. The van der Waals surface area contributed by atoms with Crippen molar-refractivity contribution in [1.82, 2.24) is 5.32 Å². The molecule has 0 aliphatic carbocycles. The molecule has 0 radical (unpaired) electrons. The fourth-order valence-electron chi connectivity index (χ4n) is 2.76. The van der Waals surface area contributed by atoms with E-state index in [9.17, 15) is 23.1 Å². The van der Waals surface area contributed by atoms with E-state index in [1.807, 2.05) is 0 Å². The first kappa shape index (κ1) is 18.1. The highest BCUT2D eigenvalue weighted by molar-refractivity contribution is 5.94. The van der Waals surface area contributed by atoms with Crippen LogP contribution in [0.3, 0.4) is 0 Å². The van der Waals surface area contributed by atoms with Crippen molar-refractivity contribution >= 4 is 5.91 Å². The predicted octanol–water partition coefficient (Wildman–Crippen LogP) is 2.99. The molecule has 1 atom stereocenters. The summed E-state index contributed by atoms with van der Waals surface area (Å²) in [6.45, 7) is 0.264. The zero-order chi connectivity index (χ0) is 18.8. The number of hydrogen-bond donors (Lipinski definition) is 2. The summed E-state index contributed by atoms with van der Waals surface area (Å²) in [6, 6.07) is 11.6. The second-order valence-corrected chi connectivity index (χ2v) is 5.88. The molecule has 138 valence electrons. The summed E-state index contributed by atoms with van der Waals surface area (Å²) in [5.74, 6) is -0.365. The first-order chi connectivity index (χ1) is 12.3. The molecule has 1 aliphatic heterocycles. The average Bonchev–Trinajstić information content (AvgIpc) is 2.59. The number of nitrogens with one attached hydrogen (secondary N) is 1. The minimum absolute atomic E-state index is 0.0486. The summed E-state index contributed by atoms with van der Waals surface area (Å²) in [4.78, 5) is 12.2. The molecule has 8 heteroatoms. The number of benzene rings is 2. The Hall–Kier alpha value is -2.74. The number of aliphatic hydroxyl groups is 1. The van der Waals surface area contributed by atoms with Crippen molar-refractivity contribution in [3.05, 3.63) is 59.7 Å². The quantitative estimate of drug-likeness (QED) is 0.872. The minimum atomic E-state index is -4.79. The summed E-state index contributed by atoms with van der Waals surface area (Å²) in [6.07, 6.45) is -4.48. The second kappa shape index (κ2) is 6.87. The first-order valence-corrected chi connectivity index (χ1v) is 7.86. The standard InChI is InChI=1S/C18H16F3NO4/c19-18(20,21)26-13-7-5-12(6-8-13)16(23)22-11-17(24)9-10-25-15-4-2-1-3-14(15)17/h1-8,24H,9-11H2,(H,22,23)/t17-/m1/s1. The van der Waals surface area contributed by atoms with E-state index in [1.165, 1.54) is 12.1 Å². The van der Waals surface area contributed by atoms with Gasteiger partial charge in [-0.2, -0.15) is 0 Å². The predicted molar refractivity (Wildman–Crippen MR) is 85.9 cm³/mol. The number of carbonyl (C=O) groups is 1. The summed E-state index contributed by atoms with van der Waals surface area (Å²) < 4.78 is 45.7. The first-order valence-electron chi connectivity index (χ1n) is 7.86. The summed E-state index contributed by atoms with van der Waals surface area (Å²) in [5, 5.41) is 13.5. The molecule has 2 N–H and O–H groups in total. The Morgan fingerprint density at radius 1 is 1.19 bits per heavy atom.